The maximum absolute atomic E-state index is 11.8. The number of carboxylic acids is 1. The van der Waals surface area contributed by atoms with Crippen molar-refractivity contribution in [1.82, 2.24) is 10.2 Å². The molecule has 0 heterocycles. The molecule has 20 heavy (non-hydrogen) atoms. The van der Waals surface area contributed by atoms with Crippen molar-refractivity contribution in [3.8, 4) is 0 Å². The van der Waals surface area contributed by atoms with Gasteiger partial charge >= 0.3 is 12.0 Å². The number of nitrogens with one attached hydrogen (secondary N) is 1. The van der Waals surface area contributed by atoms with Crippen LogP contribution in [-0.4, -0.2) is 42.1 Å². The van der Waals surface area contributed by atoms with Crippen LogP contribution >= 0.6 is 0 Å². The van der Waals surface area contributed by atoms with Gasteiger partial charge in [-0.25, -0.2) is 4.79 Å². The van der Waals surface area contributed by atoms with Crippen LogP contribution in [0.25, 0.3) is 0 Å². The van der Waals surface area contributed by atoms with Crippen molar-refractivity contribution in [2.45, 2.75) is 52.9 Å². The fourth-order valence-corrected chi connectivity index (χ4v) is 2.12. The van der Waals surface area contributed by atoms with Gasteiger partial charge in [-0.1, -0.05) is 27.2 Å². The van der Waals surface area contributed by atoms with E-state index in [0.717, 1.165) is 25.8 Å². The molecule has 0 aromatic rings. The third-order valence-corrected chi connectivity index (χ3v) is 3.66. The first-order chi connectivity index (χ1) is 9.38. The summed E-state index contributed by atoms with van der Waals surface area (Å²) in [5, 5.41) is 11.6. The highest BCUT2D eigenvalue weighted by atomic mass is 16.4. The minimum Gasteiger partial charge on any atom is -0.481 e. The molecule has 5 nitrogen and oxygen atoms in total. The van der Waals surface area contributed by atoms with Crippen molar-refractivity contribution in [1.29, 1.82) is 0 Å². The molecule has 5 heteroatoms. The van der Waals surface area contributed by atoms with E-state index in [2.05, 4.69) is 26.1 Å². The van der Waals surface area contributed by atoms with E-state index in [4.69, 9.17) is 5.11 Å². The lowest BCUT2D eigenvalue weighted by Gasteiger charge is -2.22. The summed E-state index contributed by atoms with van der Waals surface area (Å²) in [6.07, 6.45) is 3.79. The molecule has 0 fully saturated rings. The summed E-state index contributed by atoms with van der Waals surface area (Å²) in [7, 11) is 1.80. The fourth-order valence-electron chi connectivity index (χ4n) is 2.12. The van der Waals surface area contributed by atoms with E-state index in [9.17, 15) is 9.59 Å². The minimum atomic E-state index is -0.751. The molecule has 0 aliphatic carbocycles. The van der Waals surface area contributed by atoms with E-state index < -0.39 is 5.97 Å². The number of carbonyl (C=O) groups excluding carboxylic acids is 1. The van der Waals surface area contributed by atoms with Crippen LogP contribution in [0.3, 0.4) is 0 Å². The Balaban J connectivity index is 3.98. The highest BCUT2D eigenvalue weighted by molar-refractivity contribution is 5.73. The van der Waals surface area contributed by atoms with Gasteiger partial charge in [-0.2, -0.15) is 0 Å². The van der Waals surface area contributed by atoms with Crippen LogP contribution in [0.2, 0.25) is 0 Å². The van der Waals surface area contributed by atoms with Gasteiger partial charge in [0.15, 0.2) is 0 Å². The predicted molar refractivity (Wildman–Crippen MR) is 80.8 cm³/mol. The summed E-state index contributed by atoms with van der Waals surface area (Å²) in [5.41, 5.74) is 0. The second-order valence-corrected chi connectivity index (χ2v) is 5.73. The van der Waals surface area contributed by atoms with Gasteiger partial charge in [0, 0.05) is 26.6 Å². The van der Waals surface area contributed by atoms with Crippen LogP contribution in [0.5, 0.6) is 0 Å². The maximum Gasteiger partial charge on any atom is 0.317 e. The molecule has 0 rings (SSSR count). The second-order valence-electron chi connectivity index (χ2n) is 5.73. The average molecular weight is 286 g/mol. The molecule has 0 aliphatic rings. The van der Waals surface area contributed by atoms with Crippen LogP contribution in [0.1, 0.15) is 52.9 Å². The Kier molecular flexibility index (Phi) is 9.86. The number of urea groups is 1. The molecular weight excluding hydrogens is 256 g/mol. The highest BCUT2D eigenvalue weighted by Crippen LogP contribution is 2.20. The van der Waals surface area contributed by atoms with Gasteiger partial charge in [0.1, 0.15) is 0 Å². The Hall–Kier alpha value is -1.26. The van der Waals surface area contributed by atoms with Crippen molar-refractivity contribution in [2.75, 3.05) is 20.1 Å². The lowest BCUT2D eigenvalue weighted by Crippen LogP contribution is -2.38. The first-order valence-electron chi connectivity index (χ1n) is 7.59. The number of hydrogen-bond donors (Lipinski definition) is 2. The zero-order chi connectivity index (χ0) is 15.5. The monoisotopic (exact) mass is 286 g/mol. The Morgan fingerprint density at radius 1 is 1.25 bits per heavy atom. The van der Waals surface area contributed by atoms with Gasteiger partial charge < -0.3 is 15.3 Å². The van der Waals surface area contributed by atoms with Crippen LogP contribution in [-0.2, 0) is 4.79 Å². The molecule has 1 unspecified atom stereocenters. The van der Waals surface area contributed by atoms with Gasteiger partial charge in [-0.3, -0.25) is 4.79 Å². The number of rotatable bonds is 10. The summed E-state index contributed by atoms with van der Waals surface area (Å²) in [4.78, 5) is 24.1. The van der Waals surface area contributed by atoms with E-state index in [0.29, 0.717) is 24.8 Å². The number of carbonyl (C=O) groups is 2. The third kappa shape index (κ3) is 8.77. The lowest BCUT2D eigenvalue weighted by atomic mass is 9.88. The van der Waals surface area contributed by atoms with Crippen molar-refractivity contribution >= 4 is 12.0 Å². The van der Waals surface area contributed by atoms with E-state index in [-0.39, 0.29) is 12.5 Å². The maximum atomic E-state index is 11.8. The van der Waals surface area contributed by atoms with E-state index in [1.807, 2.05) is 0 Å². The molecule has 0 aromatic carbocycles. The smallest absolute Gasteiger partial charge is 0.317 e. The van der Waals surface area contributed by atoms with Crippen molar-refractivity contribution in [3.63, 3.8) is 0 Å². The summed E-state index contributed by atoms with van der Waals surface area (Å²) >= 11 is 0. The number of carboxylic acid groups (broad SMARTS) is 1. The highest BCUT2D eigenvalue weighted by Gasteiger charge is 2.15. The normalized spacial score (nSPS) is 12.2. The molecule has 0 aromatic heterocycles. The minimum absolute atomic E-state index is 0.0424. The van der Waals surface area contributed by atoms with Crippen LogP contribution < -0.4 is 5.32 Å². The van der Waals surface area contributed by atoms with Crippen molar-refractivity contribution < 1.29 is 14.7 Å². The molecule has 118 valence electrons. The first kappa shape index (κ1) is 18.7. The number of unbranched alkanes of at least 4 members (excludes halogenated alkanes) is 1. The summed E-state index contributed by atoms with van der Waals surface area (Å²) in [5.74, 6) is 0.0235. The SMILES string of the molecule is CCCCN(C)C(=O)NCCC(CCC(=O)O)C(C)C. The third-order valence-electron chi connectivity index (χ3n) is 3.66. The van der Waals surface area contributed by atoms with Crippen molar-refractivity contribution in [3.05, 3.63) is 0 Å². The Morgan fingerprint density at radius 3 is 2.40 bits per heavy atom. The molecule has 0 radical (unpaired) electrons. The molecule has 2 amide bonds. The van der Waals surface area contributed by atoms with Gasteiger partial charge in [0.05, 0.1) is 0 Å². The molecule has 2 N–H and O–H groups in total. The van der Waals surface area contributed by atoms with Gasteiger partial charge in [-0.15, -0.1) is 0 Å². The Bertz CT molecular complexity index is 293. The number of amides is 2. The molecule has 1 atom stereocenters. The summed E-state index contributed by atoms with van der Waals surface area (Å²) < 4.78 is 0. The standard InChI is InChI=1S/C15H30N2O3/c1-5-6-11-17(4)15(20)16-10-9-13(12(2)3)7-8-14(18)19/h12-13H,5-11H2,1-4H3,(H,16,20)(H,18,19). The molecule has 0 saturated heterocycles. The van der Waals surface area contributed by atoms with Gasteiger partial charge in [-0.05, 0) is 31.1 Å². The molecule has 0 aliphatic heterocycles. The zero-order valence-electron chi connectivity index (χ0n) is 13.3. The Labute approximate surface area is 122 Å². The van der Waals surface area contributed by atoms with E-state index in [1.165, 1.54) is 0 Å². The largest absolute Gasteiger partial charge is 0.481 e. The van der Waals surface area contributed by atoms with Crippen LogP contribution in [0.15, 0.2) is 0 Å². The second kappa shape index (κ2) is 10.5. The van der Waals surface area contributed by atoms with Crippen LogP contribution in [0.4, 0.5) is 4.79 Å². The fraction of sp³-hybridized carbons (Fsp3) is 0.867. The topological polar surface area (TPSA) is 69.6 Å². The number of nitrogens with zero attached hydrogens (tertiary/aromatic N) is 1. The quantitative estimate of drug-likeness (QED) is 0.648. The summed E-state index contributed by atoms with van der Waals surface area (Å²) in [6, 6.07) is -0.0424. The predicted octanol–water partition coefficient (Wildman–Crippen LogP) is 2.96. The number of aliphatic carboxylic acids is 1. The van der Waals surface area contributed by atoms with Gasteiger partial charge in [0.25, 0.3) is 0 Å². The molecular formula is C15H30N2O3. The number of hydrogen-bond acceptors (Lipinski definition) is 2. The lowest BCUT2D eigenvalue weighted by molar-refractivity contribution is -0.137. The van der Waals surface area contributed by atoms with Gasteiger partial charge in [0.2, 0.25) is 0 Å². The van der Waals surface area contributed by atoms with E-state index in [1.54, 1.807) is 11.9 Å². The van der Waals surface area contributed by atoms with E-state index >= 15 is 0 Å². The average Bonchev–Trinajstić information content (AvgIpc) is 2.38. The molecule has 0 spiro atoms. The van der Waals surface area contributed by atoms with Crippen LogP contribution in [0, 0.1) is 11.8 Å². The molecule has 0 bridgehead atoms. The Morgan fingerprint density at radius 2 is 1.90 bits per heavy atom. The zero-order valence-corrected chi connectivity index (χ0v) is 13.3. The summed E-state index contributed by atoms with van der Waals surface area (Å²) in [6.45, 7) is 7.68. The molecule has 0 saturated carbocycles. The van der Waals surface area contributed by atoms with Crippen molar-refractivity contribution in [2.24, 2.45) is 11.8 Å². The first-order valence-corrected chi connectivity index (χ1v) is 7.59.